The highest BCUT2D eigenvalue weighted by Crippen LogP contribution is 2.37. The molecule has 0 aliphatic carbocycles. The summed E-state index contributed by atoms with van der Waals surface area (Å²) in [5, 5.41) is 13.3. The lowest BCUT2D eigenvalue weighted by atomic mass is 10.1. The number of nitrogens with zero attached hydrogens (tertiary/aromatic N) is 1. The Hall–Kier alpha value is -4.44. The lowest BCUT2D eigenvalue weighted by Gasteiger charge is -2.14. The van der Waals surface area contributed by atoms with Crippen molar-refractivity contribution >= 4 is 40.9 Å². The van der Waals surface area contributed by atoms with Gasteiger partial charge in [-0.05, 0) is 71.3 Å². The smallest absolute Gasteiger partial charge is 0.266 e. The maximum Gasteiger partial charge on any atom is 0.266 e. The number of halogens is 2. The molecule has 0 saturated heterocycles. The first-order chi connectivity index (χ1) is 18.9. The van der Waals surface area contributed by atoms with Gasteiger partial charge in [0.15, 0.2) is 11.5 Å². The first-order valence-corrected chi connectivity index (χ1v) is 12.7. The number of hydrogen-bond acceptors (Lipinski definition) is 5. The summed E-state index contributed by atoms with van der Waals surface area (Å²) in [5.74, 6) is 0.817. The summed E-state index contributed by atoms with van der Waals surface area (Å²) in [6.45, 7) is 0.690. The van der Waals surface area contributed by atoms with Gasteiger partial charge in [0.1, 0.15) is 30.6 Å². The number of nitriles is 1. The van der Waals surface area contributed by atoms with Gasteiger partial charge in [-0.15, -0.1) is 0 Å². The Morgan fingerprint density at radius 2 is 1.56 bits per heavy atom. The number of carbonyl (C=O) groups is 1. The van der Waals surface area contributed by atoms with Crippen molar-refractivity contribution in [2.24, 2.45) is 0 Å². The highest BCUT2D eigenvalue weighted by molar-refractivity contribution is 6.32. The zero-order valence-corrected chi connectivity index (χ0v) is 22.5. The van der Waals surface area contributed by atoms with Crippen LogP contribution >= 0.6 is 23.2 Å². The first-order valence-electron chi connectivity index (χ1n) is 11.9. The summed E-state index contributed by atoms with van der Waals surface area (Å²) in [6.07, 6.45) is 1.43. The SMILES string of the molecule is COc1cc(/C=C(\C#N)C(=O)Nc2ccc(OCc3ccccc3)cc2)cc(Cl)c1OCc1ccc(Cl)cc1. The van der Waals surface area contributed by atoms with Crippen molar-refractivity contribution in [2.45, 2.75) is 13.2 Å². The topological polar surface area (TPSA) is 80.6 Å². The van der Waals surface area contributed by atoms with E-state index in [1.807, 2.05) is 48.5 Å². The Kier molecular flexibility index (Phi) is 9.47. The second-order valence-electron chi connectivity index (χ2n) is 8.37. The summed E-state index contributed by atoms with van der Waals surface area (Å²) in [7, 11) is 1.49. The van der Waals surface area contributed by atoms with E-state index in [2.05, 4.69) is 5.32 Å². The quantitative estimate of drug-likeness (QED) is 0.159. The Morgan fingerprint density at radius 3 is 2.23 bits per heavy atom. The van der Waals surface area contributed by atoms with Crippen molar-refractivity contribution < 1.29 is 19.0 Å². The minimum atomic E-state index is -0.561. The molecule has 1 N–H and O–H groups in total. The number of methoxy groups -OCH3 is 1. The van der Waals surface area contributed by atoms with Crippen molar-refractivity contribution in [2.75, 3.05) is 12.4 Å². The van der Waals surface area contributed by atoms with E-state index in [1.165, 1.54) is 13.2 Å². The van der Waals surface area contributed by atoms with Crippen molar-refractivity contribution in [1.82, 2.24) is 0 Å². The molecule has 4 rings (SSSR count). The summed E-state index contributed by atoms with van der Waals surface area (Å²) in [4.78, 5) is 12.8. The molecule has 0 aliphatic heterocycles. The average Bonchev–Trinajstić information content (AvgIpc) is 2.96. The van der Waals surface area contributed by atoms with Crippen LogP contribution in [-0.2, 0) is 18.0 Å². The lowest BCUT2D eigenvalue weighted by molar-refractivity contribution is -0.112. The molecule has 6 nitrogen and oxygen atoms in total. The summed E-state index contributed by atoms with van der Waals surface area (Å²) in [6, 6.07) is 29.2. The molecule has 0 fully saturated rings. The second kappa shape index (κ2) is 13.4. The van der Waals surface area contributed by atoms with Crippen LogP contribution in [-0.4, -0.2) is 13.0 Å². The standard InChI is InChI=1S/C31H24Cl2N2O4/c1-37-29-17-23(16-28(33)30(29)39-20-22-7-9-25(32)10-8-22)15-24(18-34)31(36)35-26-11-13-27(14-12-26)38-19-21-5-3-2-4-6-21/h2-17H,19-20H2,1H3,(H,35,36)/b24-15+. The van der Waals surface area contributed by atoms with Gasteiger partial charge >= 0.3 is 0 Å². The fourth-order valence-corrected chi connectivity index (χ4v) is 3.99. The van der Waals surface area contributed by atoms with E-state index < -0.39 is 5.91 Å². The van der Waals surface area contributed by atoms with Crippen molar-refractivity contribution in [3.05, 3.63) is 123 Å². The molecule has 39 heavy (non-hydrogen) atoms. The molecule has 0 atom stereocenters. The van der Waals surface area contributed by atoms with E-state index in [-0.39, 0.29) is 17.2 Å². The molecule has 0 saturated carbocycles. The highest BCUT2D eigenvalue weighted by atomic mass is 35.5. The predicted molar refractivity (Wildman–Crippen MR) is 153 cm³/mol. The van der Waals surface area contributed by atoms with Gasteiger partial charge in [0.05, 0.1) is 12.1 Å². The summed E-state index contributed by atoms with van der Waals surface area (Å²) < 4.78 is 17.1. The summed E-state index contributed by atoms with van der Waals surface area (Å²) >= 11 is 12.4. The number of rotatable bonds is 10. The Labute approximate surface area is 237 Å². The molecule has 4 aromatic carbocycles. The average molecular weight is 559 g/mol. The molecule has 0 bridgehead atoms. The van der Waals surface area contributed by atoms with Gasteiger partial charge in [-0.1, -0.05) is 65.7 Å². The predicted octanol–water partition coefficient (Wildman–Crippen LogP) is 7.71. The Balaban J connectivity index is 1.42. The maximum absolute atomic E-state index is 12.8. The van der Waals surface area contributed by atoms with Crippen LogP contribution in [0.2, 0.25) is 10.0 Å². The third kappa shape index (κ3) is 7.78. The molecule has 8 heteroatoms. The zero-order chi connectivity index (χ0) is 27.6. The van der Waals surface area contributed by atoms with Gasteiger partial charge in [0.25, 0.3) is 5.91 Å². The molecular weight excluding hydrogens is 535 g/mol. The summed E-state index contributed by atoms with van der Waals surface area (Å²) in [5.41, 5.74) is 2.88. The molecular formula is C31H24Cl2N2O4. The van der Waals surface area contributed by atoms with Gasteiger partial charge in [-0.25, -0.2) is 0 Å². The third-order valence-corrected chi connectivity index (χ3v) is 6.12. The number of anilines is 1. The second-order valence-corrected chi connectivity index (χ2v) is 9.22. The van der Waals surface area contributed by atoms with Gasteiger partial charge < -0.3 is 19.5 Å². The van der Waals surface area contributed by atoms with E-state index in [0.29, 0.717) is 40.1 Å². The van der Waals surface area contributed by atoms with Gasteiger partial charge in [-0.3, -0.25) is 4.79 Å². The van der Waals surface area contributed by atoms with Crippen molar-refractivity contribution in [3.63, 3.8) is 0 Å². The van der Waals surface area contributed by atoms with E-state index in [9.17, 15) is 10.1 Å². The van der Waals surface area contributed by atoms with E-state index >= 15 is 0 Å². The maximum atomic E-state index is 12.8. The van der Waals surface area contributed by atoms with Gasteiger partial charge in [-0.2, -0.15) is 5.26 Å². The molecule has 0 heterocycles. The van der Waals surface area contributed by atoms with E-state index in [1.54, 1.807) is 48.5 Å². The Morgan fingerprint density at radius 1 is 0.897 bits per heavy atom. The zero-order valence-electron chi connectivity index (χ0n) is 21.0. The van der Waals surface area contributed by atoms with Crippen LogP contribution in [0.15, 0.2) is 96.6 Å². The number of amides is 1. The normalized spacial score (nSPS) is 10.9. The molecule has 0 aromatic heterocycles. The number of carbonyl (C=O) groups excluding carboxylic acids is 1. The lowest BCUT2D eigenvalue weighted by Crippen LogP contribution is -2.13. The molecule has 196 valence electrons. The number of benzene rings is 4. The number of ether oxygens (including phenoxy) is 3. The molecule has 0 spiro atoms. The van der Waals surface area contributed by atoms with E-state index in [4.69, 9.17) is 37.4 Å². The van der Waals surface area contributed by atoms with Crippen LogP contribution < -0.4 is 19.5 Å². The Bertz CT molecular complexity index is 1500. The van der Waals surface area contributed by atoms with E-state index in [0.717, 1.165) is 11.1 Å². The molecule has 0 radical (unpaired) electrons. The monoisotopic (exact) mass is 558 g/mol. The minimum Gasteiger partial charge on any atom is -0.493 e. The number of hydrogen-bond donors (Lipinski definition) is 1. The largest absolute Gasteiger partial charge is 0.493 e. The molecule has 1 amide bonds. The third-order valence-electron chi connectivity index (χ3n) is 5.58. The van der Waals surface area contributed by atoms with Crippen LogP contribution in [0.5, 0.6) is 17.2 Å². The fourth-order valence-electron chi connectivity index (χ4n) is 3.59. The van der Waals surface area contributed by atoms with Gasteiger partial charge in [0.2, 0.25) is 0 Å². The molecule has 0 unspecified atom stereocenters. The highest BCUT2D eigenvalue weighted by Gasteiger charge is 2.15. The van der Waals surface area contributed by atoms with Crippen molar-refractivity contribution in [3.8, 4) is 23.3 Å². The van der Waals surface area contributed by atoms with Crippen LogP contribution in [0.25, 0.3) is 6.08 Å². The van der Waals surface area contributed by atoms with Gasteiger partial charge in [0, 0.05) is 10.7 Å². The van der Waals surface area contributed by atoms with Crippen LogP contribution in [0.1, 0.15) is 16.7 Å². The number of nitrogens with one attached hydrogen (secondary N) is 1. The molecule has 0 aliphatic rings. The minimum absolute atomic E-state index is 0.104. The van der Waals surface area contributed by atoms with Crippen molar-refractivity contribution in [1.29, 1.82) is 5.26 Å². The van der Waals surface area contributed by atoms with Crippen LogP contribution in [0.3, 0.4) is 0 Å². The fraction of sp³-hybridized carbons (Fsp3) is 0.0968. The van der Waals surface area contributed by atoms with Crippen LogP contribution in [0, 0.1) is 11.3 Å². The molecule has 4 aromatic rings. The van der Waals surface area contributed by atoms with Crippen LogP contribution in [0.4, 0.5) is 5.69 Å². The first kappa shape index (κ1) is 27.6.